The van der Waals surface area contributed by atoms with E-state index in [0.29, 0.717) is 25.4 Å². The van der Waals surface area contributed by atoms with Gasteiger partial charge in [-0.25, -0.2) is 4.98 Å². The second-order valence-corrected chi connectivity index (χ2v) is 5.65. The van der Waals surface area contributed by atoms with E-state index in [-0.39, 0.29) is 11.8 Å². The summed E-state index contributed by atoms with van der Waals surface area (Å²) >= 11 is 1.54. The number of nitrogens with zero attached hydrogens (tertiary/aromatic N) is 5. The van der Waals surface area contributed by atoms with E-state index in [9.17, 15) is 4.79 Å². The van der Waals surface area contributed by atoms with E-state index in [1.807, 2.05) is 0 Å². The van der Waals surface area contributed by atoms with Crippen LogP contribution in [0.3, 0.4) is 0 Å². The Morgan fingerprint density at radius 1 is 1.61 bits per heavy atom. The number of carbonyl (C=O) groups excluding carboxylic acids is 1. The van der Waals surface area contributed by atoms with Crippen LogP contribution in [0.4, 0.5) is 5.13 Å². The van der Waals surface area contributed by atoms with Crippen molar-refractivity contribution in [3.05, 3.63) is 21.5 Å². The number of azide groups is 1. The normalized spacial score (nSPS) is 23.2. The van der Waals surface area contributed by atoms with Crippen molar-refractivity contribution >= 4 is 22.4 Å². The first-order valence-corrected chi connectivity index (χ1v) is 6.92. The molecule has 2 heterocycles. The van der Waals surface area contributed by atoms with Gasteiger partial charge in [0.05, 0.1) is 5.69 Å². The van der Waals surface area contributed by atoms with Crippen molar-refractivity contribution in [1.82, 2.24) is 4.98 Å². The molecule has 1 amide bonds. The van der Waals surface area contributed by atoms with Crippen molar-refractivity contribution in [1.29, 1.82) is 0 Å². The van der Waals surface area contributed by atoms with Crippen LogP contribution in [0.5, 0.6) is 0 Å². The molecule has 1 aromatic rings. The number of amides is 1. The van der Waals surface area contributed by atoms with Crippen molar-refractivity contribution in [2.45, 2.75) is 25.2 Å². The highest BCUT2D eigenvalue weighted by molar-refractivity contribution is 7.14. The summed E-state index contributed by atoms with van der Waals surface area (Å²) in [5.74, 6) is 0.832. The Balaban J connectivity index is 1.71. The van der Waals surface area contributed by atoms with Crippen molar-refractivity contribution in [2.75, 3.05) is 18.0 Å². The fraction of sp³-hybridized carbons (Fsp3) is 0.636. The van der Waals surface area contributed by atoms with E-state index in [4.69, 9.17) is 5.53 Å². The maximum atomic E-state index is 11.9. The van der Waals surface area contributed by atoms with E-state index in [2.05, 4.69) is 20.4 Å². The Morgan fingerprint density at radius 3 is 3.17 bits per heavy atom. The zero-order chi connectivity index (χ0) is 12.5. The first kappa shape index (κ1) is 11.5. The zero-order valence-corrected chi connectivity index (χ0v) is 10.6. The highest BCUT2D eigenvalue weighted by Crippen LogP contribution is 2.42. The molecule has 2 fully saturated rings. The minimum atomic E-state index is 0.0878. The molecule has 0 N–H and O–H groups in total. The molecule has 2 aliphatic rings. The van der Waals surface area contributed by atoms with E-state index in [0.717, 1.165) is 10.8 Å². The number of rotatable bonds is 4. The molecular formula is C11H13N5OS. The summed E-state index contributed by atoms with van der Waals surface area (Å²) in [6, 6.07) is 0. The van der Waals surface area contributed by atoms with Crippen LogP contribution in [0.2, 0.25) is 0 Å². The maximum absolute atomic E-state index is 11.9. The molecule has 1 aromatic heterocycles. The number of hydrogen-bond donors (Lipinski definition) is 0. The lowest BCUT2D eigenvalue weighted by Crippen LogP contribution is -2.24. The van der Waals surface area contributed by atoms with Crippen molar-refractivity contribution in [3.8, 4) is 0 Å². The molecule has 1 aliphatic carbocycles. The van der Waals surface area contributed by atoms with Crippen molar-refractivity contribution in [2.24, 2.45) is 11.0 Å². The molecule has 1 saturated carbocycles. The van der Waals surface area contributed by atoms with Crippen LogP contribution in [0.15, 0.2) is 10.5 Å². The lowest BCUT2D eigenvalue weighted by atomic mass is 10.1. The lowest BCUT2D eigenvalue weighted by molar-refractivity contribution is -0.117. The Kier molecular flexibility index (Phi) is 2.93. The molecule has 1 atom stereocenters. The van der Waals surface area contributed by atoms with Gasteiger partial charge in [0.15, 0.2) is 5.13 Å². The van der Waals surface area contributed by atoms with Gasteiger partial charge in [0.1, 0.15) is 0 Å². The summed E-state index contributed by atoms with van der Waals surface area (Å²) in [5.41, 5.74) is 9.42. The van der Waals surface area contributed by atoms with Gasteiger partial charge in [-0.05, 0) is 24.3 Å². The Labute approximate surface area is 108 Å². The van der Waals surface area contributed by atoms with E-state index in [1.165, 1.54) is 24.2 Å². The number of anilines is 1. The van der Waals surface area contributed by atoms with Gasteiger partial charge in [-0.15, -0.1) is 11.3 Å². The summed E-state index contributed by atoms with van der Waals surface area (Å²) < 4.78 is 0. The molecule has 6 nitrogen and oxygen atoms in total. The van der Waals surface area contributed by atoms with Crippen LogP contribution in [-0.2, 0) is 4.79 Å². The van der Waals surface area contributed by atoms with Gasteiger partial charge in [-0.2, -0.15) is 0 Å². The SMILES string of the molecule is [N-]=[N+]=NCC1CC(=O)N(c2nc(C3CC3)cs2)C1. The van der Waals surface area contributed by atoms with Gasteiger partial charge < -0.3 is 0 Å². The van der Waals surface area contributed by atoms with Crippen LogP contribution in [0, 0.1) is 5.92 Å². The summed E-state index contributed by atoms with van der Waals surface area (Å²) in [5, 5.41) is 6.40. The molecule has 1 unspecified atom stereocenters. The molecule has 0 radical (unpaired) electrons. The number of thiazole rings is 1. The summed E-state index contributed by atoms with van der Waals surface area (Å²) in [6.45, 7) is 1.01. The molecule has 94 valence electrons. The molecule has 0 aromatic carbocycles. The molecular weight excluding hydrogens is 250 g/mol. The average Bonchev–Trinajstić information content (AvgIpc) is 2.98. The van der Waals surface area contributed by atoms with Crippen molar-refractivity contribution in [3.63, 3.8) is 0 Å². The van der Waals surface area contributed by atoms with Gasteiger partial charge in [-0.1, -0.05) is 5.11 Å². The third-order valence-electron chi connectivity index (χ3n) is 3.34. The van der Waals surface area contributed by atoms with Gasteiger partial charge in [0.2, 0.25) is 5.91 Å². The number of hydrogen-bond acceptors (Lipinski definition) is 4. The maximum Gasteiger partial charge on any atom is 0.229 e. The largest absolute Gasteiger partial charge is 0.288 e. The van der Waals surface area contributed by atoms with E-state index >= 15 is 0 Å². The highest BCUT2D eigenvalue weighted by Gasteiger charge is 2.33. The lowest BCUT2D eigenvalue weighted by Gasteiger charge is -2.11. The van der Waals surface area contributed by atoms with Crippen LogP contribution < -0.4 is 4.90 Å². The molecule has 1 saturated heterocycles. The molecule has 0 spiro atoms. The molecule has 3 rings (SSSR count). The fourth-order valence-corrected chi connectivity index (χ4v) is 3.14. The first-order chi connectivity index (χ1) is 8.78. The third kappa shape index (κ3) is 2.19. The summed E-state index contributed by atoms with van der Waals surface area (Å²) in [7, 11) is 0. The van der Waals surface area contributed by atoms with Crippen molar-refractivity contribution < 1.29 is 4.79 Å². The van der Waals surface area contributed by atoms with Gasteiger partial charge in [0, 0.05) is 35.7 Å². The fourth-order valence-electron chi connectivity index (χ4n) is 2.21. The van der Waals surface area contributed by atoms with Gasteiger partial charge in [-0.3, -0.25) is 9.69 Å². The van der Waals surface area contributed by atoms with Crippen LogP contribution in [-0.4, -0.2) is 24.0 Å². The Bertz CT molecular complexity index is 517. The quantitative estimate of drug-likeness (QED) is 0.475. The predicted octanol–water partition coefficient (Wildman–Crippen LogP) is 2.68. The number of carbonyl (C=O) groups is 1. The summed E-state index contributed by atoms with van der Waals surface area (Å²) in [4.78, 5) is 20.9. The molecule has 7 heteroatoms. The smallest absolute Gasteiger partial charge is 0.229 e. The topological polar surface area (TPSA) is 82.0 Å². The van der Waals surface area contributed by atoms with Gasteiger partial charge >= 0.3 is 0 Å². The van der Waals surface area contributed by atoms with Crippen LogP contribution in [0.1, 0.15) is 30.9 Å². The first-order valence-electron chi connectivity index (χ1n) is 6.04. The Hall–Kier alpha value is -1.59. The minimum absolute atomic E-state index is 0.0878. The molecule has 1 aliphatic heterocycles. The summed E-state index contributed by atoms with van der Waals surface area (Å²) in [6.07, 6.45) is 2.89. The van der Waals surface area contributed by atoms with Gasteiger partial charge in [0.25, 0.3) is 0 Å². The monoisotopic (exact) mass is 263 g/mol. The zero-order valence-electron chi connectivity index (χ0n) is 9.82. The molecule has 0 bridgehead atoms. The highest BCUT2D eigenvalue weighted by atomic mass is 32.1. The minimum Gasteiger partial charge on any atom is -0.288 e. The molecule has 18 heavy (non-hydrogen) atoms. The average molecular weight is 263 g/mol. The Morgan fingerprint density at radius 2 is 2.44 bits per heavy atom. The second-order valence-electron chi connectivity index (χ2n) is 4.82. The van der Waals surface area contributed by atoms with E-state index in [1.54, 1.807) is 4.90 Å². The predicted molar refractivity (Wildman–Crippen MR) is 68.6 cm³/mol. The second kappa shape index (κ2) is 4.59. The van der Waals surface area contributed by atoms with Crippen LogP contribution in [0.25, 0.3) is 10.4 Å². The third-order valence-corrected chi connectivity index (χ3v) is 4.23. The number of aromatic nitrogens is 1. The van der Waals surface area contributed by atoms with Crippen LogP contribution >= 0.6 is 11.3 Å². The standard InChI is InChI=1S/C11H13N5OS/c12-15-13-4-7-3-10(17)16(5-7)11-14-9(6-18-11)8-1-2-8/h6-8H,1-5H2. The van der Waals surface area contributed by atoms with E-state index < -0.39 is 0 Å².